The van der Waals surface area contributed by atoms with E-state index in [4.69, 9.17) is 9.47 Å². The number of nitrogens with one attached hydrogen (secondary N) is 2. The summed E-state index contributed by atoms with van der Waals surface area (Å²) in [6.45, 7) is 0. The Bertz CT molecular complexity index is 670. The number of hydrogen-bond donors (Lipinski definition) is 2. The topological polar surface area (TPSA) is 68.3 Å². The fourth-order valence-electron chi connectivity index (χ4n) is 1.80. The number of nitrogens with zero attached hydrogens (tertiary/aromatic N) is 2. The largest absolute Gasteiger partial charge is 0.497 e. The third-order valence-electron chi connectivity index (χ3n) is 2.86. The van der Waals surface area contributed by atoms with Gasteiger partial charge in [0.1, 0.15) is 17.3 Å². The second-order valence-corrected chi connectivity index (χ2v) is 4.44. The molecule has 0 spiro atoms. The summed E-state index contributed by atoms with van der Waals surface area (Å²) in [5.74, 6) is 0.834. The average molecular weight is 328 g/mol. The van der Waals surface area contributed by atoms with Gasteiger partial charge in [0.15, 0.2) is 5.69 Å². The summed E-state index contributed by atoms with van der Waals surface area (Å²) in [4.78, 5) is 7.35. The van der Waals surface area contributed by atoms with Crippen LogP contribution in [-0.2, 0) is 6.18 Å². The molecule has 0 aliphatic carbocycles. The number of alkyl halides is 3. The molecule has 0 aliphatic rings. The fraction of sp³-hybridized carbons (Fsp3) is 0.286. The summed E-state index contributed by atoms with van der Waals surface area (Å²) in [6, 6.07) is 5.69. The number of benzene rings is 1. The zero-order valence-electron chi connectivity index (χ0n) is 12.7. The molecule has 0 fully saturated rings. The number of halogens is 3. The Hall–Kier alpha value is -2.71. The van der Waals surface area contributed by atoms with Crippen LogP contribution in [0.4, 0.5) is 30.6 Å². The molecule has 2 aromatic rings. The molecular weight excluding hydrogens is 313 g/mol. The van der Waals surface area contributed by atoms with Gasteiger partial charge in [-0.1, -0.05) is 0 Å². The standard InChI is InChI=1S/C14H15F3N4O2/c1-18-13-20-11(14(15,16)17)7-12(21-13)19-8-4-9(22-2)6-10(5-8)23-3/h4-7H,1-3H3,(H2,18,19,20,21). The van der Waals surface area contributed by atoms with Crippen LogP contribution < -0.4 is 20.1 Å². The molecule has 0 saturated heterocycles. The molecule has 0 unspecified atom stereocenters. The third kappa shape index (κ3) is 4.15. The summed E-state index contributed by atoms with van der Waals surface area (Å²) >= 11 is 0. The molecule has 0 saturated carbocycles. The first-order valence-corrected chi connectivity index (χ1v) is 6.50. The first-order chi connectivity index (χ1) is 10.9. The van der Waals surface area contributed by atoms with Gasteiger partial charge < -0.3 is 20.1 Å². The molecule has 23 heavy (non-hydrogen) atoms. The lowest BCUT2D eigenvalue weighted by molar-refractivity contribution is -0.141. The molecule has 0 bridgehead atoms. The molecule has 0 aliphatic heterocycles. The van der Waals surface area contributed by atoms with Crippen LogP contribution in [-0.4, -0.2) is 31.2 Å². The number of hydrogen-bond acceptors (Lipinski definition) is 6. The van der Waals surface area contributed by atoms with Gasteiger partial charge in [-0.3, -0.25) is 0 Å². The van der Waals surface area contributed by atoms with Gasteiger partial charge in [0.25, 0.3) is 0 Å². The molecule has 0 amide bonds. The van der Waals surface area contributed by atoms with E-state index in [0.29, 0.717) is 17.2 Å². The summed E-state index contributed by atoms with van der Waals surface area (Å²) in [6.07, 6.45) is -4.57. The Morgan fingerprint density at radius 2 is 1.57 bits per heavy atom. The number of rotatable bonds is 5. The van der Waals surface area contributed by atoms with E-state index < -0.39 is 11.9 Å². The van der Waals surface area contributed by atoms with Gasteiger partial charge in [0, 0.05) is 37.0 Å². The van der Waals surface area contributed by atoms with Gasteiger partial charge >= 0.3 is 6.18 Å². The molecule has 6 nitrogen and oxygen atoms in total. The Labute approximate surface area is 130 Å². The summed E-state index contributed by atoms with van der Waals surface area (Å²) in [7, 11) is 4.39. The first-order valence-electron chi connectivity index (χ1n) is 6.50. The van der Waals surface area contributed by atoms with Crippen LogP contribution in [0.5, 0.6) is 11.5 Å². The highest BCUT2D eigenvalue weighted by Crippen LogP contribution is 2.32. The van der Waals surface area contributed by atoms with Gasteiger partial charge in [0.05, 0.1) is 14.2 Å². The Kier molecular flexibility index (Phi) is 4.77. The molecule has 1 aromatic heterocycles. The van der Waals surface area contributed by atoms with Crippen molar-refractivity contribution in [1.82, 2.24) is 9.97 Å². The Balaban J connectivity index is 2.39. The maximum atomic E-state index is 12.9. The van der Waals surface area contributed by atoms with Crippen molar-refractivity contribution in [2.45, 2.75) is 6.18 Å². The highest BCUT2D eigenvalue weighted by molar-refractivity contribution is 5.62. The third-order valence-corrected chi connectivity index (χ3v) is 2.86. The normalized spacial score (nSPS) is 11.0. The molecule has 2 N–H and O–H groups in total. The van der Waals surface area contributed by atoms with Gasteiger partial charge in [-0.05, 0) is 0 Å². The lowest BCUT2D eigenvalue weighted by Gasteiger charge is -2.13. The van der Waals surface area contributed by atoms with Crippen LogP contribution in [0.1, 0.15) is 5.69 Å². The minimum absolute atomic E-state index is 0.00742. The molecule has 1 aromatic carbocycles. The molecule has 0 radical (unpaired) electrons. The number of aromatic nitrogens is 2. The second-order valence-electron chi connectivity index (χ2n) is 4.44. The van der Waals surface area contributed by atoms with Gasteiger partial charge in [-0.2, -0.15) is 18.2 Å². The van der Waals surface area contributed by atoms with E-state index >= 15 is 0 Å². The lowest BCUT2D eigenvalue weighted by Crippen LogP contribution is -2.12. The van der Waals surface area contributed by atoms with Crippen molar-refractivity contribution in [1.29, 1.82) is 0 Å². The summed E-state index contributed by atoms with van der Waals surface area (Å²) in [5, 5.41) is 5.29. The zero-order chi connectivity index (χ0) is 17.0. The van der Waals surface area contributed by atoms with E-state index in [9.17, 15) is 13.2 Å². The maximum Gasteiger partial charge on any atom is 0.433 e. The Morgan fingerprint density at radius 3 is 2.04 bits per heavy atom. The Morgan fingerprint density at radius 1 is 0.957 bits per heavy atom. The molecule has 124 valence electrons. The fourth-order valence-corrected chi connectivity index (χ4v) is 1.80. The van der Waals surface area contributed by atoms with Crippen LogP contribution in [0.15, 0.2) is 24.3 Å². The van der Waals surface area contributed by atoms with Crippen LogP contribution in [0.25, 0.3) is 0 Å². The minimum atomic E-state index is -4.57. The number of anilines is 3. The SMILES string of the molecule is CNc1nc(Nc2cc(OC)cc(OC)c2)cc(C(F)(F)F)n1. The van der Waals surface area contributed by atoms with Crippen molar-refractivity contribution in [2.24, 2.45) is 0 Å². The first kappa shape index (κ1) is 16.7. The van der Waals surface area contributed by atoms with Crippen LogP contribution in [0.3, 0.4) is 0 Å². The van der Waals surface area contributed by atoms with Crippen molar-refractivity contribution in [3.63, 3.8) is 0 Å². The van der Waals surface area contributed by atoms with Crippen molar-refractivity contribution in [2.75, 3.05) is 31.9 Å². The molecule has 2 rings (SSSR count). The van der Waals surface area contributed by atoms with Gasteiger partial charge in [-0.15, -0.1) is 0 Å². The van der Waals surface area contributed by atoms with E-state index in [1.165, 1.54) is 21.3 Å². The van der Waals surface area contributed by atoms with E-state index in [1.807, 2.05) is 0 Å². The van der Waals surface area contributed by atoms with E-state index in [0.717, 1.165) is 6.07 Å². The molecule has 0 atom stereocenters. The van der Waals surface area contributed by atoms with Crippen LogP contribution in [0, 0.1) is 0 Å². The molecule has 1 heterocycles. The highest BCUT2D eigenvalue weighted by atomic mass is 19.4. The zero-order valence-corrected chi connectivity index (χ0v) is 12.7. The van der Waals surface area contributed by atoms with E-state index in [2.05, 4.69) is 20.6 Å². The highest BCUT2D eigenvalue weighted by Gasteiger charge is 2.33. The van der Waals surface area contributed by atoms with Crippen molar-refractivity contribution < 1.29 is 22.6 Å². The van der Waals surface area contributed by atoms with E-state index in [-0.39, 0.29) is 11.8 Å². The molecule has 9 heteroatoms. The quantitative estimate of drug-likeness (QED) is 0.878. The van der Waals surface area contributed by atoms with Gasteiger partial charge in [0.2, 0.25) is 5.95 Å². The number of methoxy groups -OCH3 is 2. The van der Waals surface area contributed by atoms with Crippen molar-refractivity contribution in [3.05, 3.63) is 30.0 Å². The predicted octanol–water partition coefficient (Wildman–Crippen LogP) is 3.30. The summed E-state index contributed by atoms with van der Waals surface area (Å²) in [5.41, 5.74) is -0.579. The van der Waals surface area contributed by atoms with Gasteiger partial charge in [-0.25, -0.2) is 4.98 Å². The second kappa shape index (κ2) is 6.59. The summed E-state index contributed by atoms with van der Waals surface area (Å²) < 4.78 is 48.8. The molecular formula is C14H15F3N4O2. The minimum Gasteiger partial charge on any atom is -0.497 e. The maximum absolute atomic E-state index is 12.9. The van der Waals surface area contributed by atoms with Crippen molar-refractivity contribution in [3.8, 4) is 11.5 Å². The predicted molar refractivity (Wildman–Crippen MR) is 79.4 cm³/mol. The number of ether oxygens (including phenoxy) is 2. The lowest BCUT2D eigenvalue weighted by atomic mass is 10.2. The van der Waals surface area contributed by atoms with Crippen LogP contribution in [0.2, 0.25) is 0 Å². The van der Waals surface area contributed by atoms with Crippen molar-refractivity contribution >= 4 is 17.5 Å². The van der Waals surface area contributed by atoms with Crippen LogP contribution >= 0.6 is 0 Å². The monoisotopic (exact) mass is 328 g/mol. The average Bonchev–Trinajstić information content (AvgIpc) is 2.53. The smallest absolute Gasteiger partial charge is 0.433 e. The van der Waals surface area contributed by atoms with E-state index in [1.54, 1.807) is 18.2 Å².